The first-order valence-corrected chi connectivity index (χ1v) is 7.17. The topological polar surface area (TPSA) is 54.5 Å². The predicted octanol–water partition coefficient (Wildman–Crippen LogP) is 1.06. The van der Waals surface area contributed by atoms with Gasteiger partial charge in [0.1, 0.15) is 0 Å². The number of carbonyl (C=O) groups is 1. The third-order valence-electron chi connectivity index (χ3n) is 3.62. The number of pyridine rings is 1. The van der Waals surface area contributed by atoms with Gasteiger partial charge in [0.05, 0.1) is 18.8 Å². The molecule has 0 bridgehead atoms. The molecule has 5 heteroatoms. The average Bonchev–Trinajstić information content (AvgIpc) is 2.97. The van der Waals surface area contributed by atoms with E-state index >= 15 is 0 Å². The number of hydrogen-bond acceptors (Lipinski definition) is 4. The summed E-state index contributed by atoms with van der Waals surface area (Å²) in [5.74, 6) is 0.665. The maximum absolute atomic E-state index is 12.4. The predicted molar refractivity (Wildman–Crippen MR) is 77.1 cm³/mol. The molecule has 1 fully saturated rings. The van der Waals surface area contributed by atoms with Gasteiger partial charge in [0.15, 0.2) is 0 Å². The van der Waals surface area contributed by atoms with Crippen LogP contribution in [0.1, 0.15) is 18.5 Å². The van der Waals surface area contributed by atoms with Crippen LogP contribution in [0.2, 0.25) is 0 Å². The highest BCUT2D eigenvalue weighted by molar-refractivity contribution is 5.76. The molecule has 20 heavy (non-hydrogen) atoms. The fraction of sp³-hybridized carbons (Fsp3) is 0.600. The van der Waals surface area contributed by atoms with Crippen molar-refractivity contribution >= 4 is 5.91 Å². The Morgan fingerprint density at radius 2 is 2.45 bits per heavy atom. The van der Waals surface area contributed by atoms with Crippen LogP contribution in [0, 0.1) is 5.92 Å². The molecule has 1 unspecified atom stereocenters. The second-order valence-electron chi connectivity index (χ2n) is 5.19. The number of rotatable bonds is 7. The Labute approximate surface area is 120 Å². The van der Waals surface area contributed by atoms with Crippen LogP contribution in [0.3, 0.4) is 0 Å². The van der Waals surface area contributed by atoms with Crippen molar-refractivity contribution in [3.8, 4) is 0 Å². The van der Waals surface area contributed by atoms with E-state index in [-0.39, 0.29) is 5.91 Å². The Morgan fingerprint density at radius 3 is 3.10 bits per heavy atom. The summed E-state index contributed by atoms with van der Waals surface area (Å²) in [6, 6.07) is 5.78. The monoisotopic (exact) mass is 277 g/mol. The third-order valence-corrected chi connectivity index (χ3v) is 3.62. The third kappa shape index (κ3) is 4.58. The minimum absolute atomic E-state index is 0.196. The van der Waals surface area contributed by atoms with Gasteiger partial charge in [-0.2, -0.15) is 0 Å². The van der Waals surface area contributed by atoms with Crippen LogP contribution in [-0.2, 0) is 16.1 Å². The van der Waals surface area contributed by atoms with Crippen molar-refractivity contribution in [3.63, 3.8) is 0 Å². The zero-order chi connectivity index (χ0) is 14.2. The van der Waals surface area contributed by atoms with E-state index in [1.807, 2.05) is 23.1 Å². The van der Waals surface area contributed by atoms with Crippen LogP contribution >= 0.6 is 0 Å². The molecule has 1 aliphatic heterocycles. The Kier molecular flexibility index (Phi) is 5.95. The maximum atomic E-state index is 12.4. The highest BCUT2D eigenvalue weighted by Crippen LogP contribution is 2.15. The summed E-state index contributed by atoms with van der Waals surface area (Å²) in [5, 5.41) is 3.30. The van der Waals surface area contributed by atoms with Gasteiger partial charge in [-0.05, 0) is 37.6 Å². The Balaban J connectivity index is 1.92. The zero-order valence-corrected chi connectivity index (χ0v) is 12.0. The number of nitrogens with one attached hydrogen (secondary N) is 1. The van der Waals surface area contributed by atoms with Crippen LogP contribution in [-0.4, -0.2) is 49.1 Å². The normalized spacial score (nSPS) is 18.1. The number of ether oxygens (including phenoxy) is 1. The van der Waals surface area contributed by atoms with Crippen molar-refractivity contribution in [2.24, 2.45) is 5.92 Å². The van der Waals surface area contributed by atoms with Gasteiger partial charge in [0, 0.05) is 26.3 Å². The molecule has 0 spiro atoms. The fourth-order valence-corrected chi connectivity index (χ4v) is 2.45. The number of aromatic nitrogens is 1. The van der Waals surface area contributed by atoms with Crippen molar-refractivity contribution in [1.29, 1.82) is 0 Å². The Morgan fingerprint density at radius 1 is 1.55 bits per heavy atom. The lowest BCUT2D eigenvalue weighted by molar-refractivity contribution is -0.133. The smallest absolute Gasteiger partial charge is 0.223 e. The molecule has 1 N–H and O–H groups in total. The molecule has 2 rings (SSSR count). The maximum Gasteiger partial charge on any atom is 0.223 e. The zero-order valence-electron chi connectivity index (χ0n) is 12.0. The summed E-state index contributed by atoms with van der Waals surface area (Å²) in [5.41, 5.74) is 0.918. The Bertz CT molecular complexity index is 405. The lowest BCUT2D eigenvalue weighted by atomic mass is 10.0. The largest absolute Gasteiger partial charge is 0.383 e. The number of nitrogens with zero attached hydrogens (tertiary/aromatic N) is 2. The van der Waals surface area contributed by atoms with Gasteiger partial charge in [-0.25, -0.2) is 0 Å². The van der Waals surface area contributed by atoms with Crippen LogP contribution in [0.5, 0.6) is 0 Å². The molecule has 1 atom stereocenters. The molecule has 110 valence electrons. The minimum atomic E-state index is 0.196. The summed E-state index contributed by atoms with van der Waals surface area (Å²) < 4.78 is 5.10. The lowest BCUT2D eigenvalue weighted by Crippen LogP contribution is -2.35. The molecule has 1 aliphatic rings. The summed E-state index contributed by atoms with van der Waals surface area (Å²) in [6.45, 7) is 3.71. The van der Waals surface area contributed by atoms with E-state index in [1.54, 1.807) is 13.3 Å². The van der Waals surface area contributed by atoms with Crippen LogP contribution in [0.25, 0.3) is 0 Å². The van der Waals surface area contributed by atoms with Crippen LogP contribution in [0.4, 0.5) is 0 Å². The van der Waals surface area contributed by atoms with E-state index < -0.39 is 0 Å². The molecule has 0 aromatic carbocycles. The summed E-state index contributed by atoms with van der Waals surface area (Å²) in [4.78, 5) is 18.6. The molecule has 0 saturated carbocycles. The molecule has 1 amide bonds. The average molecular weight is 277 g/mol. The summed E-state index contributed by atoms with van der Waals surface area (Å²) in [6.07, 6.45) is 3.46. The number of amides is 1. The molecule has 1 aromatic rings. The molecule has 1 aromatic heterocycles. The van der Waals surface area contributed by atoms with Crippen molar-refractivity contribution in [1.82, 2.24) is 15.2 Å². The first-order chi connectivity index (χ1) is 9.79. The molecule has 1 saturated heterocycles. The summed E-state index contributed by atoms with van der Waals surface area (Å²) >= 11 is 0. The molecule has 5 nitrogen and oxygen atoms in total. The number of carbonyl (C=O) groups excluding carboxylic acids is 1. The van der Waals surface area contributed by atoms with E-state index in [4.69, 9.17) is 4.74 Å². The van der Waals surface area contributed by atoms with Gasteiger partial charge >= 0.3 is 0 Å². The van der Waals surface area contributed by atoms with Crippen molar-refractivity contribution < 1.29 is 9.53 Å². The van der Waals surface area contributed by atoms with Gasteiger partial charge in [0.25, 0.3) is 0 Å². The number of methoxy groups -OCH3 is 1. The second-order valence-corrected chi connectivity index (χ2v) is 5.19. The van der Waals surface area contributed by atoms with Crippen molar-refractivity contribution in [3.05, 3.63) is 30.1 Å². The highest BCUT2D eigenvalue weighted by Gasteiger charge is 2.22. The Hall–Kier alpha value is -1.46. The fourth-order valence-electron chi connectivity index (χ4n) is 2.45. The first-order valence-electron chi connectivity index (χ1n) is 7.17. The van der Waals surface area contributed by atoms with Crippen LogP contribution < -0.4 is 5.32 Å². The van der Waals surface area contributed by atoms with E-state index in [2.05, 4.69) is 10.3 Å². The molecular weight excluding hydrogens is 254 g/mol. The molecular formula is C15H23N3O2. The first kappa shape index (κ1) is 14.9. The van der Waals surface area contributed by atoms with E-state index in [1.165, 1.54) is 0 Å². The second kappa shape index (κ2) is 7.97. The van der Waals surface area contributed by atoms with Gasteiger partial charge < -0.3 is 15.0 Å². The van der Waals surface area contributed by atoms with Gasteiger partial charge in [-0.3, -0.25) is 9.78 Å². The standard InChI is InChI=1S/C15H23N3O2/c1-20-9-8-18(12-14-4-2-3-6-17-14)15(19)10-13-5-7-16-11-13/h2-4,6,13,16H,5,7-12H2,1H3. The highest BCUT2D eigenvalue weighted by atomic mass is 16.5. The van der Waals surface area contributed by atoms with Gasteiger partial charge in [-0.15, -0.1) is 0 Å². The summed E-state index contributed by atoms with van der Waals surface area (Å²) in [7, 11) is 1.66. The molecule has 2 heterocycles. The van der Waals surface area contributed by atoms with E-state index in [0.29, 0.717) is 32.0 Å². The minimum Gasteiger partial charge on any atom is -0.383 e. The van der Waals surface area contributed by atoms with E-state index in [0.717, 1.165) is 25.2 Å². The quantitative estimate of drug-likeness (QED) is 0.809. The molecule has 0 aliphatic carbocycles. The van der Waals surface area contributed by atoms with Gasteiger partial charge in [-0.1, -0.05) is 6.07 Å². The van der Waals surface area contributed by atoms with E-state index in [9.17, 15) is 4.79 Å². The van der Waals surface area contributed by atoms with Gasteiger partial charge in [0.2, 0.25) is 5.91 Å². The van der Waals surface area contributed by atoms with Crippen molar-refractivity contribution in [2.75, 3.05) is 33.4 Å². The SMILES string of the molecule is COCCN(Cc1ccccn1)C(=O)CC1CCNC1. The number of hydrogen-bond donors (Lipinski definition) is 1. The van der Waals surface area contributed by atoms with Crippen molar-refractivity contribution in [2.45, 2.75) is 19.4 Å². The lowest BCUT2D eigenvalue weighted by Gasteiger charge is -2.23. The molecule has 0 radical (unpaired) electrons. The van der Waals surface area contributed by atoms with Crippen LogP contribution in [0.15, 0.2) is 24.4 Å².